The van der Waals surface area contributed by atoms with E-state index in [-0.39, 0.29) is 5.41 Å². The minimum absolute atomic E-state index is 0.245. The molecule has 0 aromatic carbocycles. The van der Waals surface area contributed by atoms with Crippen molar-refractivity contribution < 1.29 is 5.21 Å². The van der Waals surface area contributed by atoms with Gasteiger partial charge in [0.1, 0.15) is 5.84 Å². The quantitative estimate of drug-likeness (QED) is 0.236. The Kier molecular flexibility index (Phi) is 4.61. The summed E-state index contributed by atoms with van der Waals surface area (Å²) in [7, 11) is 0. The van der Waals surface area contributed by atoms with Crippen molar-refractivity contribution in [1.82, 2.24) is 0 Å². The van der Waals surface area contributed by atoms with Crippen LogP contribution in [0.25, 0.3) is 0 Å². The minimum atomic E-state index is -0.245. The van der Waals surface area contributed by atoms with Crippen molar-refractivity contribution in [2.75, 3.05) is 11.9 Å². The summed E-state index contributed by atoms with van der Waals surface area (Å²) in [5, 5.41) is 19.1. The molecule has 4 N–H and O–H groups in total. The first-order valence-electron chi connectivity index (χ1n) is 5.30. The SMILES string of the molecule is CC(C)(CCCNc1ccsc1)C(N)=NO. The molecule has 0 saturated carbocycles. The van der Waals surface area contributed by atoms with Crippen LogP contribution >= 0.6 is 11.3 Å². The summed E-state index contributed by atoms with van der Waals surface area (Å²) >= 11 is 1.68. The van der Waals surface area contributed by atoms with Crippen LogP contribution in [0, 0.1) is 5.41 Å². The van der Waals surface area contributed by atoms with Gasteiger partial charge in [-0.2, -0.15) is 11.3 Å². The maximum atomic E-state index is 8.63. The van der Waals surface area contributed by atoms with Gasteiger partial charge in [-0.1, -0.05) is 19.0 Å². The molecule has 0 spiro atoms. The number of amidine groups is 1. The zero-order chi connectivity index (χ0) is 12.0. The first kappa shape index (κ1) is 12.8. The van der Waals surface area contributed by atoms with E-state index in [2.05, 4.69) is 21.9 Å². The Morgan fingerprint density at radius 3 is 2.94 bits per heavy atom. The van der Waals surface area contributed by atoms with E-state index >= 15 is 0 Å². The van der Waals surface area contributed by atoms with Gasteiger partial charge in [0, 0.05) is 23.0 Å². The second-order valence-electron chi connectivity index (χ2n) is 4.41. The number of nitrogens with two attached hydrogens (primary N) is 1. The molecule has 1 aromatic rings. The number of oxime groups is 1. The molecule has 16 heavy (non-hydrogen) atoms. The largest absolute Gasteiger partial charge is 0.409 e. The molecular weight excluding hydrogens is 222 g/mol. The Morgan fingerprint density at radius 1 is 1.62 bits per heavy atom. The Labute approximate surface area is 100 Å². The van der Waals surface area contributed by atoms with E-state index < -0.39 is 0 Å². The van der Waals surface area contributed by atoms with Crippen LogP contribution in [0.3, 0.4) is 0 Å². The van der Waals surface area contributed by atoms with Crippen molar-refractivity contribution in [2.45, 2.75) is 26.7 Å². The summed E-state index contributed by atoms with van der Waals surface area (Å²) < 4.78 is 0. The van der Waals surface area contributed by atoms with Gasteiger partial charge in [0.25, 0.3) is 0 Å². The maximum Gasteiger partial charge on any atom is 0.144 e. The third kappa shape index (κ3) is 3.73. The molecule has 0 unspecified atom stereocenters. The zero-order valence-electron chi connectivity index (χ0n) is 9.73. The standard InChI is InChI=1S/C11H19N3OS/c1-11(2,10(12)14-15)5-3-6-13-9-4-7-16-8-9/h4,7-8,13,15H,3,5-6H2,1-2H3,(H2,12,14). The van der Waals surface area contributed by atoms with Crippen LogP contribution in [-0.4, -0.2) is 17.6 Å². The third-order valence-corrected chi connectivity index (χ3v) is 3.31. The van der Waals surface area contributed by atoms with Gasteiger partial charge in [0.05, 0.1) is 0 Å². The van der Waals surface area contributed by atoms with Crippen molar-refractivity contribution in [3.05, 3.63) is 16.8 Å². The Hall–Kier alpha value is -1.23. The number of nitrogens with one attached hydrogen (secondary N) is 1. The van der Waals surface area contributed by atoms with Gasteiger partial charge in [-0.15, -0.1) is 0 Å². The van der Waals surface area contributed by atoms with Crippen molar-refractivity contribution in [3.63, 3.8) is 0 Å². The first-order chi connectivity index (χ1) is 7.56. The van der Waals surface area contributed by atoms with Gasteiger partial charge in [-0.3, -0.25) is 0 Å². The average Bonchev–Trinajstić information content (AvgIpc) is 2.76. The molecular formula is C11H19N3OS. The zero-order valence-corrected chi connectivity index (χ0v) is 10.5. The lowest BCUT2D eigenvalue weighted by Crippen LogP contribution is -2.32. The van der Waals surface area contributed by atoms with E-state index in [1.54, 1.807) is 11.3 Å². The average molecular weight is 241 g/mol. The van der Waals surface area contributed by atoms with Crippen molar-refractivity contribution in [3.8, 4) is 0 Å². The molecule has 1 heterocycles. The Morgan fingerprint density at radius 2 is 2.38 bits per heavy atom. The van der Waals surface area contributed by atoms with Crippen LogP contribution in [0.5, 0.6) is 0 Å². The molecule has 0 radical (unpaired) electrons. The lowest BCUT2D eigenvalue weighted by molar-refractivity contribution is 0.305. The van der Waals surface area contributed by atoms with Gasteiger partial charge in [0.2, 0.25) is 0 Å². The highest BCUT2D eigenvalue weighted by Crippen LogP contribution is 2.22. The molecule has 5 heteroatoms. The number of thiophene rings is 1. The first-order valence-corrected chi connectivity index (χ1v) is 6.24. The molecule has 1 rings (SSSR count). The predicted molar refractivity (Wildman–Crippen MR) is 69.2 cm³/mol. The topological polar surface area (TPSA) is 70.6 Å². The molecule has 0 atom stereocenters. The van der Waals surface area contributed by atoms with Gasteiger partial charge in [-0.25, -0.2) is 0 Å². The minimum Gasteiger partial charge on any atom is -0.409 e. The third-order valence-electron chi connectivity index (χ3n) is 2.63. The highest BCUT2D eigenvalue weighted by Gasteiger charge is 2.22. The monoisotopic (exact) mass is 241 g/mol. The van der Waals surface area contributed by atoms with E-state index in [4.69, 9.17) is 10.9 Å². The van der Waals surface area contributed by atoms with E-state index in [1.165, 1.54) is 0 Å². The smallest absolute Gasteiger partial charge is 0.144 e. The van der Waals surface area contributed by atoms with Crippen molar-refractivity contribution in [1.29, 1.82) is 0 Å². The molecule has 0 saturated heterocycles. The predicted octanol–water partition coefficient (Wildman–Crippen LogP) is 2.71. The van der Waals surface area contributed by atoms with Crippen LogP contribution in [0.15, 0.2) is 22.0 Å². The number of anilines is 1. The second kappa shape index (κ2) is 5.75. The van der Waals surface area contributed by atoms with E-state index in [9.17, 15) is 0 Å². The fourth-order valence-corrected chi connectivity index (χ4v) is 2.00. The number of nitrogens with zero attached hydrogens (tertiary/aromatic N) is 1. The van der Waals surface area contributed by atoms with E-state index in [1.807, 2.05) is 19.2 Å². The van der Waals surface area contributed by atoms with Crippen LogP contribution in [0.4, 0.5) is 5.69 Å². The number of rotatable bonds is 6. The summed E-state index contributed by atoms with van der Waals surface area (Å²) in [6, 6.07) is 2.05. The van der Waals surface area contributed by atoms with Gasteiger partial charge >= 0.3 is 0 Å². The lowest BCUT2D eigenvalue weighted by atomic mass is 9.86. The lowest BCUT2D eigenvalue weighted by Gasteiger charge is -2.22. The molecule has 4 nitrogen and oxygen atoms in total. The van der Waals surface area contributed by atoms with Crippen LogP contribution in [0.2, 0.25) is 0 Å². The molecule has 0 aliphatic carbocycles. The highest BCUT2D eigenvalue weighted by molar-refractivity contribution is 7.08. The Bertz CT molecular complexity index is 333. The van der Waals surface area contributed by atoms with Gasteiger partial charge < -0.3 is 16.3 Å². The molecule has 90 valence electrons. The normalized spacial score (nSPS) is 12.8. The van der Waals surface area contributed by atoms with Gasteiger partial charge in [0.15, 0.2) is 0 Å². The number of hydrogen-bond donors (Lipinski definition) is 3. The van der Waals surface area contributed by atoms with Crippen molar-refractivity contribution >= 4 is 22.9 Å². The van der Waals surface area contributed by atoms with Crippen LogP contribution in [-0.2, 0) is 0 Å². The second-order valence-corrected chi connectivity index (χ2v) is 5.19. The summed E-state index contributed by atoms with van der Waals surface area (Å²) in [5.74, 6) is 0.294. The molecule has 0 amide bonds. The fourth-order valence-electron chi connectivity index (χ4n) is 1.39. The molecule has 0 aliphatic rings. The molecule has 0 aliphatic heterocycles. The van der Waals surface area contributed by atoms with E-state index in [0.29, 0.717) is 5.84 Å². The molecule has 0 bridgehead atoms. The van der Waals surface area contributed by atoms with Crippen LogP contribution < -0.4 is 11.1 Å². The molecule has 0 fully saturated rings. The maximum absolute atomic E-state index is 8.63. The van der Waals surface area contributed by atoms with Crippen molar-refractivity contribution in [2.24, 2.45) is 16.3 Å². The number of hydrogen-bond acceptors (Lipinski definition) is 4. The summed E-state index contributed by atoms with van der Waals surface area (Å²) in [5.41, 5.74) is 6.52. The van der Waals surface area contributed by atoms with Crippen LogP contribution in [0.1, 0.15) is 26.7 Å². The summed E-state index contributed by atoms with van der Waals surface area (Å²) in [6.45, 7) is 4.86. The fraction of sp³-hybridized carbons (Fsp3) is 0.545. The van der Waals surface area contributed by atoms with Gasteiger partial charge in [-0.05, 0) is 24.3 Å². The summed E-state index contributed by atoms with van der Waals surface area (Å²) in [6.07, 6.45) is 1.87. The van der Waals surface area contributed by atoms with E-state index in [0.717, 1.165) is 25.1 Å². The molecule has 1 aromatic heterocycles. The summed E-state index contributed by atoms with van der Waals surface area (Å²) in [4.78, 5) is 0. The Balaban J connectivity index is 2.25. The highest BCUT2D eigenvalue weighted by atomic mass is 32.1.